The van der Waals surface area contributed by atoms with Crippen LogP contribution >= 0.6 is 0 Å². The molecule has 0 aliphatic carbocycles. The maximum absolute atomic E-state index is 13.6. The average Bonchev–Trinajstić information content (AvgIpc) is 2.73. The summed E-state index contributed by atoms with van der Waals surface area (Å²) in [6.45, 7) is 1.77. The zero-order chi connectivity index (χ0) is 21.8. The molecule has 1 N–H and O–H groups in total. The lowest BCUT2D eigenvalue weighted by atomic mass is 10.1. The van der Waals surface area contributed by atoms with Crippen LogP contribution < -0.4 is 5.32 Å². The third kappa shape index (κ3) is 5.22. The smallest absolute Gasteiger partial charge is 0.256 e. The van der Waals surface area contributed by atoms with Crippen LogP contribution in [-0.2, 0) is 22.3 Å². The number of nitrogens with zero attached hydrogens (tertiary/aromatic N) is 1. The fourth-order valence-corrected chi connectivity index (χ4v) is 4.67. The number of nitrogens with one attached hydrogen (secondary N) is 1. The standard InChI is InChI=1S/C25H21FN2O2S/c1-17-12-23(22-11-10-20(26)14-24(22)27-17)25(29)28-21-9-5-8-19(13-21)16-31(30)15-18-6-3-2-4-7-18/h2-14H,15-16H2,1H3,(H,28,29). The van der Waals surface area contributed by atoms with Gasteiger partial charge in [0.05, 0.1) is 11.1 Å². The van der Waals surface area contributed by atoms with Crippen molar-refractivity contribution >= 4 is 33.3 Å². The summed E-state index contributed by atoms with van der Waals surface area (Å²) in [7, 11) is -1.06. The van der Waals surface area contributed by atoms with Crippen LogP contribution in [0.25, 0.3) is 10.9 Å². The van der Waals surface area contributed by atoms with Gasteiger partial charge in [0.2, 0.25) is 0 Å². The second-order valence-corrected chi connectivity index (χ2v) is 8.80. The van der Waals surface area contributed by atoms with Crippen LogP contribution in [0.4, 0.5) is 10.1 Å². The lowest BCUT2D eigenvalue weighted by Gasteiger charge is -2.10. The summed E-state index contributed by atoms with van der Waals surface area (Å²) in [6, 6.07) is 23.0. The molecule has 0 aliphatic rings. The van der Waals surface area contributed by atoms with Crippen LogP contribution in [0.5, 0.6) is 0 Å². The van der Waals surface area contributed by atoms with E-state index in [-0.39, 0.29) is 5.91 Å². The topological polar surface area (TPSA) is 59.1 Å². The zero-order valence-corrected chi connectivity index (χ0v) is 17.8. The molecule has 4 aromatic rings. The van der Waals surface area contributed by atoms with Crippen LogP contribution in [0.1, 0.15) is 27.2 Å². The third-order valence-electron chi connectivity index (χ3n) is 4.83. The molecule has 0 saturated carbocycles. The van der Waals surface area contributed by atoms with Gasteiger partial charge in [-0.05, 0) is 48.4 Å². The van der Waals surface area contributed by atoms with Crippen molar-refractivity contribution < 1.29 is 13.4 Å². The molecule has 1 heterocycles. The number of halogens is 1. The molecule has 1 aromatic heterocycles. The van der Waals surface area contributed by atoms with Gasteiger partial charge in [0, 0.05) is 45.1 Å². The molecule has 0 saturated heterocycles. The normalized spacial score (nSPS) is 11.9. The summed E-state index contributed by atoms with van der Waals surface area (Å²) in [5.41, 5.74) is 4.03. The number of carbonyl (C=O) groups excluding carboxylic acids is 1. The number of aromatic nitrogens is 1. The molecule has 4 rings (SSSR count). The molecule has 0 spiro atoms. The minimum atomic E-state index is -1.06. The van der Waals surface area contributed by atoms with Crippen molar-refractivity contribution in [2.75, 3.05) is 5.32 Å². The second kappa shape index (κ2) is 9.18. The van der Waals surface area contributed by atoms with Gasteiger partial charge in [-0.15, -0.1) is 0 Å². The van der Waals surface area contributed by atoms with E-state index in [2.05, 4.69) is 10.3 Å². The quantitative estimate of drug-likeness (QED) is 0.445. The highest BCUT2D eigenvalue weighted by atomic mass is 32.2. The Morgan fingerprint density at radius 3 is 2.48 bits per heavy atom. The van der Waals surface area contributed by atoms with E-state index in [4.69, 9.17) is 0 Å². The van der Waals surface area contributed by atoms with Gasteiger partial charge in [0.1, 0.15) is 5.82 Å². The van der Waals surface area contributed by atoms with Gasteiger partial charge in [-0.1, -0.05) is 42.5 Å². The number of amides is 1. The third-order valence-corrected chi connectivity index (χ3v) is 6.14. The van der Waals surface area contributed by atoms with Crippen molar-refractivity contribution in [1.82, 2.24) is 4.98 Å². The van der Waals surface area contributed by atoms with E-state index in [1.54, 1.807) is 25.1 Å². The Bertz CT molecular complexity index is 1270. The Kier molecular flexibility index (Phi) is 6.18. The van der Waals surface area contributed by atoms with E-state index < -0.39 is 16.6 Å². The first-order chi connectivity index (χ1) is 15.0. The van der Waals surface area contributed by atoms with Crippen LogP contribution in [0, 0.1) is 12.7 Å². The highest BCUT2D eigenvalue weighted by Crippen LogP contribution is 2.22. The number of anilines is 1. The van der Waals surface area contributed by atoms with Gasteiger partial charge < -0.3 is 5.32 Å². The molecule has 0 bridgehead atoms. The summed E-state index contributed by atoms with van der Waals surface area (Å²) < 4.78 is 26.1. The molecular weight excluding hydrogens is 411 g/mol. The van der Waals surface area contributed by atoms with Gasteiger partial charge in [-0.2, -0.15) is 0 Å². The van der Waals surface area contributed by atoms with Crippen LogP contribution in [-0.4, -0.2) is 15.1 Å². The van der Waals surface area contributed by atoms with Crippen LogP contribution in [0.15, 0.2) is 78.9 Å². The number of benzene rings is 3. The molecule has 1 atom stereocenters. The van der Waals surface area contributed by atoms with Gasteiger partial charge in [0.25, 0.3) is 5.91 Å². The fourth-order valence-electron chi connectivity index (χ4n) is 3.46. The highest BCUT2D eigenvalue weighted by molar-refractivity contribution is 7.83. The maximum Gasteiger partial charge on any atom is 0.256 e. The molecule has 0 fully saturated rings. The van der Waals surface area contributed by atoms with Crippen molar-refractivity contribution in [2.45, 2.75) is 18.4 Å². The predicted octanol–water partition coefficient (Wildman–Crippen LogP) is 5.38. The number of fused-ring (bicyclic) bond motifs is 1. The number of hydrogen-bond donors (Lipinski definition) is 1. The first kappa shape index (κ1) is 20.9. The molecular formula is C25H21FN2O2S. The summed E-state index contributed by atoms with van der Waals surface area (Å²) >= 11 is 0. The zero-order valence-electron chi connectivity index (χ0n) is 17.0. The Morgan fingerprint density at radius 1 is 0.935 bits per heavy atom. The number of carbonyl (C=O) groups is 1. The van der Waals surface area contributed by atoms with E-state index in [0.29, 0.717) is 39.4 Å². The van der Waals surface area contributed by atoms with Crippen molar-refractivity contribution in [1.29, 1.82) is 0 Å². The van der Waals surface area contributed by atoms with Gasteiger partial charge in [-0.25, -0.2) is 4.39 Å². The summed E-state index contributed by atoms with van der Waals surface area (Å²) in [4.78, 5) is 17.3. The van der Waals surface area contributed by atoms with Crippen molar-refractivity contribution in [3.63, 3.8) is 0 Å². The van der Waals surface area contributed by atoms with Crippen molar-refractivity contribution in [3.8, 4) is 0 Å². The van der Waals surface area contributed by atoms with E-state index in [9.17, 15) is 13.4 Å². The molecule has 3 aromatic carbocycles. The Balaban J connectivity index is 1.51. The van der Waals surface area contributed by atoms with Gasteiger partial charge >= 0.3 is 0 Å². The minimum absolute atomic E-state index is 0.301. The molecule has 6 heteroatoms. The number of hydrogen-bond acceptors (Lipinski definition) is 3. The summed E-state index contributed by atoms with van der Waals surface area (Å²) in [5, 5.41) is 3.48. The average molecular weight is 433 g/mol. The molecule has 31 heavy (non-hydrogen) atoms. The van der Waals surface area contributed by atoms with Crippen molar-refractivity contribution in [2.24, 2.45) is 0 Å². The van der Waals surface area contributed by atoms with E-state index >= 15 is 0 Å². The minimum Gasteiger partial charge on any atom is -0.322 e. The van der Waals surface area contributed by atoms with Crippen molar-refractivity contribution in [3.05, 3.63) is 107 Å². The first-order valence-electron chi connectivity index (χ1n) is 9.84. The van der Waals surface area contributed by atoms with Crippen LogP contribution in [0.3, 0.4) is 0 Å². The lowest BCUT2D eigenvalue weighted by Crippen LogP contribution is -2.13. The summed E-state index contributed by atoms with van der Waals surface area (Å²) in [5.74, 6) is 0.184. The predicted molar refractivity (Wildman–Crippen MR) is 123 cm³/mol. The Labute approximate surface area is 182 Å². The van der Waals surface area contributed by atoms with Gasteiger partial charge in [-0.3, -0.25) is 14.0 Å². The Morgan fingerprint density at radius 2 is 1.68 bits per heavy atom. The lowest BCUT2D eigenvalue weighted by molar-refractivity contribution is 0.102. The second-order valence-electron chi connectivity index (χ2n) is 7.34. The number of rotatable bonds is 6. The highest BCUT2D eigenvalue weighted by Gasteiger charge is 2.13. The largest absolute Gasteiger partial charge is 0.322 e. The van der Waals surface area contributed by atoms with E-state index in [1.807, 2.05) is 48.5 Å². The first-order valence-corrected chi connectivity index (χ1v) is 11.3. The van der Waals surface area contributed by atoms with Crippen LogP contribution in [0.2, 0.25) is 0 Å². The number of pyridine rings is 1. The monoisotopic (exact) mass is 432 g/mol. The Hall–Kier alpha value is -3.38. The van der Waals surface area contributed by atoms with E-state index in [0.717, 1.165) is 11.1 Å². The fraction of sp³-hybridized carbons (Fsp3) is 0.120. The molecule has 0 radical (unpaired) electrons. The number of aryl methyl sites for hydroxylation is 1. The molecule has 0 aliphatic heterocycles. The summed E-state index contributed by atoms with van der Waals surface area (Å²) in [6.07, 6.45) is 0. The maximum atomic E-state index is 13.6. The molecule has 1 unspecified atom stereocenters. The molecule has 4 nitrogen and oxygen atoms in total. The van der Waals surface area contributed by atoms with Gasteiger partial charge in [0.15, 0.2) is 0 Å². The van der Waals surface area contributed by atoms with E-state index in [1.165, 1.54) is 12.1 Å². The SMILES string of the molecule is Cc1cc(C(=O)Nc2cccc(CS(=O)Cc3ccccc3)c2)c2ccc(F)cc2n1. The molecule has 156 valence electrons. The molecule has 1 amide bonds.